The van der Waals surface area contributed by atoms with Crippen LogP contribution in [0.25, 0.3) is 0 Å². The number of carbonyl (C=O) groups is 2. The zero-order valence-electron chi connectivity index (χ0n) is 22.4. The Hall–Kier alpha value is -3.07. The zero-order valence-corrected chi connectivity index (χ0v) is 24.7. The molecule has 0 aromatic heterocycles. The summed E-state index contributed by atoms with van der Waals surface area (Å²) in [6.07, 6.45) is 1.27. The van der Waals surface area contributed by atoms with Crippen LogP contribution in [-0.2, 0) is 32.6 Å². The Kier molecular flexibility index (Phi) is 10.4. The molecule has 0 aliphatic heterocycles. The van der Waals surface area contributed by atoms with E-state index in [4.69, 9.17) is 23.2 Å². The van der Waals surface area contributed by atoms with Crippen molar-refractivity contribution < 1.29 is 18.0 Å². The molecule has 10 heteroatoms. The molecule has 7 nitrogen and oxygen atoms in total. The van der Waals surface area contributed by atoms with E-state index in [2.05, 4.69) is 5.32 Å². The topological polar surface area (TPSA) is 86.8 Å². The SMILES string of the molecule is Cc1ccc(CN(C(=O)CN(c2ccc(Cl)c(Cl)c2)S(C)(=O)=O)[C@H](Cc2ccccc2)C(=O)NC(C)C)cc1. The van der Waals surface area contributed by atoms with Crippen LogP contribution in [0.15, 0.2) is 72.8 Å². The lowest BCUT2D eigenvalue weighted by molar-refractivity contribution is -0.140. The van der Waals surface area contributed by atoms with Gasteiger partial charge in [0.2, 0.25) is 21.8 Å². The van der Waals surface area contributed by atoms with E-state index in [1.54, 1.807) is 0 Å². The number of halogens is 2. The van der Waals surface area contributed by atoms with Gasteiger partial charge < -0.3 is 10.2 Å². The van der Waals surface area contributed by atoms with E-state index in [9.17, 15) is 18.0 Å². The lowest BCUT2D eigenvalue weighted by Crippen LogP contribution is -2.54. The molecule has 0 saturated heterocycles. The summed E-state index contributed by atoms with van der Waals surface area (Å²) < 4.78 is 26.6. The van der Waals surface area contributed by atoms with Crippen molar-refractivity contribution in [1.82, 2.24) is 10.2 Å². The molecule has 1 N–H and O–H groups in total. The van der Waals surface area contributed by atoms with E-state index in [1.807, 2.05) is 75.4 Å². The van der Waals surface area contributed by atoms with Crippen LogP contribution in [0.2, 0.25) is 10.0 Å². The standard InChI is InChI=1S/C29H33Cl2N3O4S/c1-20(2)32-29(36)27(16-22-8-6-5-7-9-22)33(18-23-12-10-21(3)11-13-23)28(35)19-34(39(4,37)38)24-14-15-25(30)26(31)17-24/h5-15,17,20,27H,16,18-19H2,1-4H3,(H,32,36)/t27-/m1/s1. The van der Waals surface area contributed by atoms with Crippen molar-refractivity contribution >= 4 is 50.7 Å². The quantitative estimate of drug-likeness (QED) is 0.331. The number of benzene rings is 3. The first-order chi connectivity index (χ1) is 18.3. The maximum absolute atomic E-state index is 14.0. The van der Waals surface area contributed by atoms with Gasteiger partial charge in [0.15, 0.2) is 0 Å². The van der Waals surface area contributed by atoms with Gasteiger partial charge >= 0.3 is 0 Å². The Bertz CT molecular complexity index is 1400. The highest BCUT2D eigenvalue weighted by Crippen LogP contribution is 2.29. The normalized spacial score (nSPS) is 12.2. The molecule has 0 radical (unpaired) electrons. The maximum Gasteiger partial charge on any atom is 0.244 e. The Morgan fingerprint density at radius 2 is 1.54 bits per heavy atom. The Morgan fingerprint density at radius 3 is 2.10 bits per heavy atom. The van der Waals surface area contributed by atoms with Crippen molar-refractivity contribution in [1.29, 1.82) is 0 Å². The number of aryl methyl sites for hydroxylation is 1. The average Bonchev–Trinajstić information content (AvgIpc) is 2.87. The van der Waals surface area contributed by atoms with Crippen molar-refractivity contribution in [3.05, 3.63) is 99.5 Å². The first-order valence-corrected chi connectivity index (χ1v) is 15.1. The van der Waals surface area contributed by atoms with E-state index in [-0.39, 0.29) is 40.6 Å². The molecule has 0 bridgehead atoms. The molecule has 208 valence electrons. The van der Waals surface area contributed by atoms with Gasteiger partial charge in [-0.25, -0.2) is 8.42 Å². The van der Waals surface area contributed by atoms with Crippen molar-refractivity contribution in [2.24, 2.45) is 0 Å². The van der Waals surface area contributed by atoms with Crippen molar-refractivity contribution in [2.75, 3.05) is 17.1 Å². The minimum Gasteiger partial charge on any atom is -0.352 e. The number of carbonyl (C=O) groups excluding carboxylic acids is 2. The molecule has 2 amide bonds. The Labute approximate surface area is 240 Å². The fourth-order valence-electron chi connectivity index (χ4n) is 4.08. The minimum atomic E-state index is -3.89. The largest absolute Gasteiger partial charge is 0.352 e. The van der Waals surface area contributed by atoms with Crippen LogP contribution in [0.1, 0.15) is 30.5 Å². The highest BCUT2D eigenvalue weighted by atomic mass is 35.5. The molecule has 0 unspecified atom stereocenters. The molecule has 3 aromatic rings. The van der Waals surface area contributed by atoms with Gasteiger partial charge in [-0.1, -0.05) is 83.4 Å². The predicted octanol–water partition coefficient (Wildman–Crippen LogP) is 5.23. The first-order valence-electron chi connectivity index (χ1n) is 12.5. The van der Waals surface area contributed by atoms with Gasteiger partial charge in [-0.2, -0.15) is 0 Å². The molecule has 3 rings (SSSR count). The molecule has 0 aliphatic carbocycles. The molecule has 0 aliphatic rings. The second-order valence-electron chi connectivity index (χ2n) is 9.74. The number of anilines is 1. The summed E-state index contributed by atoms with van der Waals surface area (Å²) in [5, 5.41) is 3.34. The molecule has 3 aromatic carbocycles. The Balaban J connectivity index is 2.06. The third-order valence-corrected chi connectivity index (χ3v) is 7.93. The zero-order chi connectivity index (χ0) is 28.7. The third-order valence-electron chi connectivity index (χ3n) is 6.05. The van der Waals surface area contributed by atoms with Crippen LogP contribution >= 0.6 is 23.2 Å². The van der Waals surface area contributed by atoms with Gasteiger partial charge in [0.1, 0.15) is 12.6 Å². The van der Waals surface area contributed by atoms with E-state index < -0.39 is 28.5 Å². The molecule has 1 atom stereocenters. The summed E-state index contributed by atoms with van der Waals surface area (Å²) >= 11 is 12.2. The summed E-state index contributed by atoms with van der Waals surface area (Å²) in [6.45, 7) is 5.24. The van der Waals surface area contributed by atoms with E-state index >= 15 is 0 Å². The van der Waals surface area contributed by atoms with E-state index in [0.717, 1.165) is 27.3 Å². The molecular formula is C29H33Cl2N3O4S. The minimum absolute atomic E-state index is 0.112. The van der Waals surface area contributed by atoms with E-state index in [1.165, 1.54) is 23.1 Å². The molecule has 0 fully saturated rings. The number of rotatable bonds is 11. The fraction of sp³-hybridized carbons (Fsp3) is 0.310. The third kappa shape index (κ3) is 8.71. The summed E-state index contributed by atoms with van der Waals surface area (Å²) in [5.74, 6) is -0.860. The molecule has 0 saturated carbocycles. The average molecular weight is 591 g/mol. The van der Waals surface area contributed by atoms with Crippen LogP contribution in [0.3, 0.4) is 0 Å². The van der Waals surface area contributed by atoms with Gasteiger partial charge in [-0.05, 0) is 50.1 Å². The van der Waals surface area contributed by atoms with Crippen molar-refractivity contribution in [3.63, 3.8) is 0 Å². The van der Waals surface area contributed by atoms with Gasteiger partial charge in [-0.3, -0.25) is 13.9 Å². The number of amides is 2. The van der Waals surface area contributed by atoms with Gasteiger partial charge in [0.05, 0.1) is 22.0 Å². The molecular weight excluding hydrogens is 557 g/mol. The van der Waals surface area contributed by atoms with Gasteiger partial charge in [-0.15, -0.1) is 0 Å². The van der Waals surface area contributed by atoms with Crippen molar-refractivity contribution in [3.8, 4) is 0 Å². The number of hydrogen-bond acceptors (Lipinski definition) is 4. The fourth-order valence-corrected chi connectivity index (χ4v) is 5.21. The summed E-state index contributed by atoms with van der Waals surface area (Å²) in [7, 11) is -3.89. The number of nitrogens with one attached hydrogen (secondary N) is 1. The van der Waals surface area contributed by atoms with Crippen LogP contribution in [0, 0.1) is 6.92 Å². The lowest BCUT2D eigenvalue weighted by atomic mass is 10.0. The smallest absolute Gasteiger partial charge is 0.244 e. The first kappa shape index (κ1) is 30.5. The summed E-state index contributed by atoms with van der Waals surface area (Å²) in [4.78, 5) is 29.0. The molecule has 0 spiro atoms. The van der Waals surface area contributed by atoms with Crippen LogP contribution in [0.4, 0.5) is 5.69 Å². The lowest BCUT2D eigenvalue weighted by Gasteiger charge is -2.34. The highest BCUT2D eigenvalue weighted by molar-refractivity contribution is 7.92. The van der Waals surface area contributed by atoms with Crippen LogP contribution < -0.4 is 9.62 Å². The number of sulfonamides is 1. The second-order valence-corrected chi connectivity index (χ2v) is 12.5. The predicted molar refractivity (Wildman–Crippen MR) is 158 cm³/mol. The van der Waals surface area contributed by atoms with Crippen molar-refractivity contribution in [2.45, 2.75) is 45.8 Å². The number of nitrogens with zero attached hydrogens (tertiary/aromatic N) is 2. The van der Waals surface area contributed by atoms with Gasteiger partial charge in [0.25, 0.3) is 0 Å². The van der Waals surface area contributed by atoms with Gasteiger partial charge in [0, 0.05) is 19.0 Å². The molecule has 0 heterocycles. The maximum atomic E-state index is 14.0. The van der Waals surface area contributed by atoms with Crippen LogP contribution in [0.5, 0.6) is 0 Å². The van der Waals surface area contributed by atoms with E-state index in [0.29, 0.717) is 0 Å². The summed E-state index contributed by atoms with van der Waals surface area (Å²) in [6, 6.07) is 20.3. The summed E-state index contributed by atoms with van der Waals surface area (Å²) in [5.41, 5.74) is 2.93. The Morgan fingerprint density at radius 1 is 0.897 bits per heavy atom. The number of hydrogen-bond donors (Lipinski definition) is 1. The highest BCUT2D eigenvalue weighted by Gasteiger charge is 2.33. The monoisotopic (exact) mass is 589 g/mol. The molecule has 39 heavy (non-hydrogen) atoms. The second kappa shape index (κ2) is 13.3. The van der Waals surface area contributed by atoms with Crippen LogP contribution in [-0.4, -0.2) is 50.0 Å².